The van der Waals surface area contributed by atoms with Crippen LogP contribution in [0, 0.1) is 0 Å². The molecule has 0 bridgehead atoms. The molecule has 4 nitrogen and oxygen atoms in total. The summed E-state index contributed by atoms with van der Waals surface area (Å²) in [6.45, 7) is 4.79. The molecule has 1 aliphatic carbocycles. The molecule has 0 aliphatic heterocycles. The summed E-state index contributed by atoms with van der Waals surface area (Å²) in [7, 11) is 0. The Hall–Kier alpha value is -1.94. The quantitative estimate of drug-likeness (QED) is 0.892. The van der Waals surface area contributed by atoms with Crippen molar-refractivity contribution in [3.05, 3.63) is 63.3 Å². The van der Waals surface area contributed by atoms with Gasteiger partial charge in [-0.1, -0.05) is 38.1 Å². The van der Waals surface area contributed by atoms with E-state index >= 15 is 0 Å². The van der Waals surface area contributed by atoms with Crippen LogP contribution >= 0.6 is 0 Å². The zero-order chi connectivity index (χ0) is 14.1. The van der Waals surface area contributed by atoms with E-state index < -0.39 is 0 Å². The van der Waals surface area contributed by atoms with Crippen molar-refractivity contribution >= 4 is 0 Å². The maximum Gasteiger partial charge on any atom is 0.251 e. The van der Waals surface area contributed by atoms with E-state index in [4.69, 9.17) is 0 Å². The summed E-state index contributed by atoms with van der Waals surface area (Å²) < 4.78 is 0. The molecule has 0 saturated heterocycles. The lowest BCUT2D eigenvalue weighted by atomic mass is 9.77. The largest absolute Gasteiger partial charge is 0.310 e. The van der Waals surface area contributed by atoms with E-state index in [2.05, 4.69) is 41.3 Å². The Morgan fingerprint density at radius 2 is 2.20 bits per heavy atom. The van der Waals surface area contributed by atoms with E-state index in [0.717, 1.165) is 17.9 Å². The normalized spacial score (nSPS) is 16.9. The summed E-state index contributed by atoms with van der Waals surface area (Å²) >= 11 is 0. The minimum atomic E-state index is -0.0695. The molecule has 0 radical (unpaired) electrons. The van der Waals surface area contributed by atoms with Crippen molar-refractivity contribution in [1.82, 2.24) is 15.3 Å². The molecule has 0 fully saturated rings. The average molecular weight is 269 g/mol. The van der Waals surface area contributed by atoms with Crippen molar-refractivity contribution in [2.24, 2.45) is 0 Å². The number of aromatic nitrogens is 2. The summed E-state index contributed by atoms with van der Waals surface area (Å²) in [4.78, 5) is 19.3. The molecule has 1 aromatic heterocycles. The lowest BCUT2D eigenvalue weighted by Crippen LogP contribution is -2.27. The minimum Gasteiger partial charge on any atom is -0.310 e. The highest BCUT2D eigenvalue weighted by Gasteiger charge is 2.29. The number of hydrogen-bond donors (Lipinski definition) is 2. The van der Waals surface area contributed by atoms with Crippen molar-refractivity contribution < 1.29 is 0 Å². The van der Waals surface area contributed by atoms with Crippen LogP contribution in [0.4, 0.5) is 0 Å². The molecule has 3 rings (SSSR count). The van der Waals surface area contributed by atoms with Gasteiger partial charge in [-0.05, 0) is 17.5 Å². The van der Waals surface area contributed by atoms with Crippen LogP contribution in [0.3, 0.4) is 0 Å². The predicted octanol–water partition coefficient (Wildman–Crippen LogP) is 1.96. The van der Waals surface area contributed by atoms with E-state index in [1.165, 1.54) is 11.1 Å². The monoisotopic (exact) mass is 269 g/mol. The van der Waals surface area contributed by atoms with Gasteiger partial charge in [0, 0.05) is 24.6 Å². The number of benzene rings is 1. The van der Waals surface area contributed by atoms with E-state index in [0.29, 0.717) is 12.6 Å². The second kappa shape index (κ2) is 5.21. The molecule has 2 aromatic rings. The third-order valence-corrected chi connectivity index (χ3v) is 3.69. The van der Waals surface area contributed by atoms with Crippen LogP contribution < -0.4 is 10.9 Å². The first-order valence-corrected chi connectivity index (χ1v) is 7.05. The SMILES string of the molecule is CC(C)NCc1cc(=O)[nH]c(C2Cc3ccccc32)n1. The zero-order valence-electron chi connectivity index (χ0n) is 11.8. The third kappa shape index (κ3) is 2.51. The Kier molecular flexibility index (Phi) is 3.40. The van der Waals surface area contributed by atoms with Gasteiger partial charge in [-0.2, -0.15) is 0 Å². The number of rotatable bonds is 4. The molecule has 0 spiro atoms. The van der Waals surface area contributed by atoms with Gasteiger partial charge in [0.2, 0.25) is 0 Å². The number of H-pyrrole nitrogens is 1. The lowest BCUT2D eigenvalue weighted by Gasteiger charge is -2.29. The van der Waals surface area contributed by atoms with Crippen LogP contribution in [-0.2, 0) is 13.0 Å². The molecule has 0 saturated carbocycles. The summed E-state index contributed by atoms with van der Waals surface area (Å²) in [5.41, 5.74) is 3.37. The van der Waals surface area contributed by atoms with E-state index in [1.807, 2.05) is 12.1 Å². The van der Waals surface area contributed by atoms with Gasteiger partial charge in [0.1, 0.15) is 5.82 Å². The highest BCUT2D eigenvalue weighted by molar-refractivity contribution is 5.43. The highest BCUT2D eigenvalue weighted by atomic mass is 16.1. The summed E-state index contributed by atoms with van der Waals surface area (Å²) in [5, 5.41) is 3.30. The minimum absolute atomic E-state index is 0.0695. The Balaban J connectivity index is 1.86. The first-order valence-electron chi connectivity index (χ1n) is 7.05. The van der Waals surface area contributed by atoms with Crippen LogP contribution in [0.2, 0.25) is 0 Å². The lowest BCUT2D eigenvalue weighted by molar-refractivity contribution is 0.572. The fourth-order valence-corrected chi connectivity index (χ4v) is 2.60. The van der Waals surface area contributed by atoms with E-state index in [-0.39, 0.29) is 11.5 Å². The van der Waals surface area contributed by atoms with Crippen molar-refractivity contribution in [3.63, 3.8) is 0 Å². The van der Waals surface area contributed by atoms with Gasteiger partial charge in [0.15, 0.2) is 0 Å². The molecule has 1 aromatic carbocycles. The second-order valence-electron chi connectivity index (χ2n) is 5.61. The fraction of sp³-hybridized carbons (Fsp3) is 0.375. The maximum atomic E-state index is 11.8. The van der Waals surface area contributed by atoms with Gasteiger partial charge < -0.3 is 10.3 Å². The topological polar surface area (TPSA) is 57.8 Å². The number of nitrogens with zero attached hydrogens (tertiary/aromatic N) is 1. The Bertz CT molecular complexity index is 675. The molecule has 1 atom stereocenters. The Morgan fingerprint density at radius 3 is 2.95 bits per heavy atom. The third-order valence-electron chi connectivity index (χ3n) is 3.69. The zero-order valence-corrected chi connectivity index (χ0v) is 11.8. The van der Waals surface area contributed by atoms with Gasteiger partial charge in [-0.25, -0.2) is 4.98 Å². The second-order valence-corrected chi connectivity index (χ2v) is 5.61. The number of fused-ring (bicyclic) bond motifs is 1. The van der Waals surface area contributed by atoms with Crippen LogP contribution in [0.1, 0.15) is 42.4 Å². The molecule has 0 amide bonds. The van der Waals surface area contributed by atoms with Crippen molar-refractivity contribution in [1.29, 1.82) is 0 Å². The first-order chi connectivity index (χ1) is 9.63. The molecule has 1 heterocycles. The highest BCUT2D eigenvalue weighted by Crippen LogP contribution is 2.37. The summed E-state index contributed by atoms with van der Waals surface area (Å²) in [5.74, 6) is 1.02. The van der Waals surface area contributed by atoms with E-state index in [1.54, 1.807) is 6.07 Å². The fourth-order valence-electron chi connectivity index (χ4n) is 2.60. The molecule has 20 heavy (non-hydrogen) atoms. The van der Waals surface area contributed by atoms with Crippen LogP contribution in [0.5, 0.6) is 0 Å². The summed E-state index contributed by atoms with van der Waals surface area (Å²) in [6, 6.07) is 10.3. The van der Waals surface area contributed by atoms with Crippen LogP contribution in [-0.4, -0.2) is 16.0 Å². The Morgan fingerprint density at radius 1 is 1.40 bits per heavy atom. The molecule has 1 aliphatic rings. The summed E-state index contributed by atoms with van der Waals surface area (Å²) in [6.07, 6.45) is 0.959. The van der Waals surface area contributed by atoms with Gasteiger partial charge in [0.25, 0.3) is 5.56 Å². The van der Waals surface area contributed by atoms with Gasteiger partial charge >= 0.3 is 0 Å². The van der Waals surface area contributed by atoms with E-state index in [9.17, 15) is 4.79 Å². The smallest absolute Gasteiger partial charge is 0.251 e. The predicted molar refractivity (Wildman–Crippen MR) is 78.8 cm³/mol. The number of hydrogen-bond acceptors (Lipinski definition) is 3. The van der Waals surface area contributed by atoms with Gasteiger partial charge in [-0.3, -0.25) is 4.79 Å². The number of aromatic amines is 1. The van der Waals surface area contributed by atoms with Crippen molar-refractivity contribution in [2.75, 3.05) is 0 Å². The van der Waals surface area contributed by atoms with Crippen molar-refractivity contribution in [2.45, 2.75) is 38.8 Å². The molecule has 1 unspecified atom stereocenters. The van der Waals surface area contributed by atoms with Crippen molar-refractivity contribution in [3.8, 4) is 0 Å². The van der Waals surface area contributed by atoms with Gasteiger partial charge in [0.05, 0.1) is 5.69 Å². The Labute approximate surface area is 118 Å². The molecular weight excluding hydrogens is 250 g/mol. The van der Waals surface area contributed by atoms with Crippen LogP contribution in [0.15, 0.2) is 35.1 Å². The number of nitrogens with one attached hydrogen (secondary N) is 2. The van der Waals surface area contributed by atoms with Gasteiger partial charge in [-0.15, -0.1) is 0 Å². The first kappa shape index (κ1) is 13.1. The maximum absolute atomic E-state index is 11.8. The average Bonchev–Trinajstić information content (AvgIpc) is 2.37. The molecular formula is C16H19N3O. The molecule has 104 valence electrons. The molecule has 2 N–H and O–H groups in total. The standard InChI is InChI=1S/C16H19N3O/c1-10(2)17-9-12-8-15(20)19-16(18-12)14-7-11-5-3-4-6-13(11)14/h3-6,8,10,14,17H,7,9H2,1-2H3,(H,18,19,20). The van der Waals surface area contributed by atoms with Crippen LogP contribution in [0.25, 0.3) is 0 Å². The molecule has 4 heteroatoms.